The summed E-state index contributed by atoms with van der Waals surface area (Å²) < 4.78 is 6.09. The number of hydrogen-bond acceptors (Lipinski definition) is 2. The number of hydrogen-bond donors (Lipinski definition) is 1. The molecule has 1 saturated carbocycles. The maximum absolute atomic E-state index is 6.09. The Balaban J connectivity index is 1.86. The maximum Gasteiger partial charge on any atom is 0.0686 e. The lowest BCUT2D eigenvalue weighted by atomic mass is 9.69. The van der Waals surface area contributed by atoms with Crippen molar-refractivity contribution in [1.29, 1.82) is 0 Å². The highest BCUT2D eigenvalue weighted by atomic mass is 16.5. The molecule has 2 fully saturated rings. The van der Waals surface area contributed by atoms with E-state index in [9.17, 15) is 0 Å². The minimum absolute atomic E-state index is 0.231. The first kappa shape index (κ1) is 14.1. The van der Waals surface area contributed by atoms with Crippen molar-refractivity contribution < 1.29 is 4.74 Å². The monoisotopic (exact) mass is 273 g/mol. The molecule has 2 aliphatic rings. The molecule has 110 valence electrons. The molecule has 1 aliphatic carbocycles. The van der Waals surface area contributed by atoms with Crippen molar-refractivity contribution in [3.8, 4) is 0 Å². The lowest BCUT2D eigenvalue weighted by Gasteiger charge is -2.49. The van der Waals surface area contributed by atoms with Crippen molar-refractivity contribution in [3.63, 3.8) is 0 Å². The fraction of sp³-hybridized carbons (Fsp3) is 0.667. The van der Waals surface area contributed by atoms with Crippen LogP contribution in [0, 0.1) is 19.8 Å². The first-order valence-corrected chi connectivity index (χ1v) is 8.02. The highest BCUT2D eigenvalue weighted by molar-refractivity contribution is 5.36. The smallest absolute Gasteiger partial charge is 0.0686 e. The average molecular weight is 273 g/mol. The number of ether oxygens (including phenoxy) is 1. The second-order valence-corrected chi connectivity index (χ2v) is 6.71. The van der Waals surface area contributed by atoms with Gasteiger partial charge in [-0.05, 0) is 75.6 Å². The van der Waals surface area contributed by atoms with Gasteiger partial charge in [0.05, 0.1) is 5.60 Å². The van der Waals surface area contributed by atoms with Crippen LogP contribution in [0.2, 0.25) is 0 Å². The molecular formula is C18H27NO. The van der Waals surface area contributed by atoms with Crippen molar-refractivity contribution in [3.05, 3.63) is 34.9 Å². The molecule has 1 saturated heterocycles. The highest BCUT2D eigenvalue weighted by Crippen LogP contribution is 2.47. The molecule has 1 aliphatic heterocycles. The summed E-state index contributed by atoms with van der Waals surface area (Å²) in [5.41, 5.74) is 4.57. The van der Waals surface area contributed by atoms with Crippen LogP contribution in [0.5, 0.6) is 0 Å². The van der Waals surface area contributed by atoms with E-state index >= 15 is 0 Å². The van der Waals surface area contributed by atoms with E-state index in [2.05, 4.69) is 44.4 Å². The van der Waals surface area contributed by atoms with Gasteiger partial charge in [-0.1, -0.05) is 18.2 Å². The van der Waals surface area contributed by atoms with Crippen LogP contribution in [0.15, 0.2) is 18.2 Å². The van der Waals surface area contributed by atoms with Crippen LogP contribution in [-0.4, -0.2) is 19.3 Å². The molecule has 1 aromatic rings. The summed E-state index contributed by atoms with van der Waals surface area (Å²) in [7, 11) is 2.11. The second kappa shape index (κ2) is 5.50. The van der Waals surface area contributed by atoms with E-state index < -0.39 is 0 Å². The van der Waals surface area contributed by atoms with Gasteiger partial charge in [-0.2, -0.15) is 0 Å². The van der Waals surface area contributed by atoms with Gasteiger partial charge in [-0.15, -0.1) is 0 Å². The molecule has 2 nitrogen and oxygen atoms in total. The zero-order valence-electron chi connectivity index (χ0n) is 13.0. The highest BCUT2D eigenvalue weighted by Gasteiger charge is 2.44. The van der Waals surface area contributed by atoms with Gasteiger partial charge in [-0.25, -0.2) is 0 Å². The van der Waals surface area contributed by atoms with Crippen molar-refractivity contribution in [2.45, 2.75) is 57.6 Å². The van der Waals surface area contributed by atoms with Gasteiger partial charge in [0, 0.05) is 12.6 Å². The Kier molecular flexibility index (Phi) is 3.87. The van der Waals surface area contributed by atoms with E-state index in [0.29, 0.717) is 12.0 Å². The zero-order chi connectivity index (χ0) is 14.2. The first-order chi connectivity index (χ1) is 9.65. The zero-order valence-corrected chi connectivity index (χ0v) is 13.0. The molecule has 2 unspecified atom stereocenters. The third-order valence-electron chi connectivity index (χ3n) is 5.43. The maximum atomic E-state index is 6.09. The Labute approximate surface area is 122 Å². The van der Waals surface area contributed by atoms with Crippen LogP contribution in [0.1, 0.15) is 54.8 Å². The third-order valence-corrected chi connectivity index (χ3v) is 5.43. The topological polar surface area (TPSA) is 21.3 Å². The van der Waals surface area contributed by atoms with E-state index in [0.717, 1.165) is 6.61 Å². The summed E-state index contributed by atoms with van der Waals surface area (Å²) in [6, 6.07) is 7.12. The summed E-state index contributed by atoms with van der Waals surface area (Å²) in [6.45, 7) is 5.42. The predicted molar refractivity (Wildman–Crippen MR) is 83.0 cm³/mol. The fourth-order valence-electron chi connectivity index (χ4n) is 4.20. The van der Waals surface area contributed by atoms with Crippen LogP contribution in [0.3, 0.4) is 0 Å². The number of rotatable bonds is 3. The normalized spacial score (nSPS) is 26.2. The van der Waals surface area contributed by atoms with Crippen molar-refractivity contribution in [2.24, 2.45) is 5.92 Å². The van der Waals surface area contributed by atoms with Crippen LogP contribution in [-0.2, 0) is 4.74 Å². The Morgan fingerprint density at radius 1 is 1.25 bits per heavy atom. The van der Waals surface area contributed by atoms with Gasteiger partial charge in [0.25, 0.3) is 0 Å². The Morgan fingerprint density at radius 3 is 2.50 bits per heavy atom. The molecule has 3 rings (SSSR count). The van der Waals surface area contributed by atoms with Crippen molar-refractivity contribution in [2.75, 3.05) is 13.7 Å². The third kappa shape index (κ3) is 2.40. The summed E-state index contributed by atoms with van der Waals surface area (Å²) in [6.07, 6.45) is 6.30. The summed E-state index contributed by atoms with van der Waals surface area (Å²) in [5.74, 6) is 0.703. The predicted octanol–water partition coefficient (Wildman–Crippen LogP) is 3.91. The van der Waals surface area contributed by atoms with E-state index in [1.807, 2.05) is 0 Å². The summed E-state index contributed by atoms with van der Waals surface area (Å²) >= 11 is 0. The molecule has 0 bridgehead atoms. The molecule has 1 N–H and O–H groups in total. The largest absolute Gasteiger partial charge is 0.375 e. The average Bonchev–Trinajstić information content (AvgIpc) is 2.41. The number of nitrogens with one attached hydrogen (secondary N) is 1. The van der Waals surface area contributed by atoms with E-state index in [-0.39, 0.29) is 5.60 Å². The standard InChI is InChI=1S/C18H27NO/c1-13-6-4-7-14(2)16(13)17(19-3)15-8-11-20-18(12-15)9-5-10-18/h4,6-7,15,17,19H,5,8-12H2,1-3H3. The quantitative estimate of drug-likeness (QED) is 0.901. The lowest BCUT2D eigenvalue weighted by Crippen LogP contribution is -2.47. The first-order valence-electron chi connectivity index (χ1n) is 8.02. The van der Waals surface area contributed by atoms with E-state index in [1.165, 1.54) is 48.8 Å². The molecule has 2 atom stereocenters. The van der Waals surface area contributed by atoms with E-state index in [4.69, 9.17) is 4.74 Å². The molecule has 1 spiro atoms. The minimum Gasteiger partial charge on any atom is -0.375 e. The Hall–Kier alpha value is -0.860. The molecule has 2 heteroatoms. The van der Waals surface area contributed by atoms with Crippen LogP contribution in [0.25, 0.3) is 0 Å². The summed E-state index contributed by atoms with van der Waals surface area (Å²) in [4.78, 5) is 0. The van der Waals surface area contributed by atoms with Crippen LogP contribution >= 0.6 is 0 Å². The Morgan fingerprint density at radius 2 is 1.95 bits per heavy atom. The fourth-order valence-corrected chi connectivity index (χ4v) is 4.20. The Bertz CT molecular complexity index is 458. The van der Waals surface area contributed by atoms with Gasteiger partial charge < -0.3 is 10.1 Å². The minimum atomic E-state index is 0.231. The van der Waals surface area contributed by atoms with Gasteiger partial charge >= 0.3 is 0 Å². The molecule has 0 amide bonds. The van der Waals surface area contributed by atoms with Crippen LogP contribution < -0.4 is 5.32 Å². The molecule has 20 heavy (non-hydrogen) atoms. The van der Waals surface area contributed by atoms with Crippen LogP contribution in [0.4, 0.5) is 0 Å². The molecular weight excluding hydrogens is 246 g/mol. The number of aryl methyl sites for hydroxylation is 2. The van der Waals surface area contributed by atoms with Gasteiger partial charge in [0.15, 0.2) is 0 Å². The van der Waals surface area contributed by atoms with Gasteiger partial charge in [0.2, 0.25) is 0 Å². The second-order valence-electron chi connectivity index (χ2n) is 6.71. The molecule has 1 heterocycles. The molecule has 1 aromatic carbocycles. The SMILES string of the molecule is CNC(c1c(C)cccc1C)C1CCOC2(CCC2)C1. The van der Waals surface area contributed by atoms with Gasteiger partial charge in [0.1, 0.15) is 0 Å². The molecule has 0 radical (unpaired) electrons. The van der Waals surface area contributed by atoms with E-state index in [1.54, 1.807) is 0 Å². The molecule has 0 aromatic heterocycles. The van der Waals surface area contributed by atoms with Crippen molar-refractivity contribution >= 4 is 0 Å². The lowest BCUT2D eigenvalue weighted by molar-refractivity contribution is -0.147. The summed E-state index contributed by atoms with van der Waals surface area (Å²) in [5, 5.41) is 3.60. The van der Waals surface area contributed by atoms with Crippen molar-refractivity contribution in [1.82, 2.24) is 5.32 Å². The number of benzene rings is 1. The van der Waals surface area contributed by atoms with Gasteiger partial charge in [-0.3, -0.25) is 0 Å².